The van der Waals surface area contributed by atoms with Gasteiger partial charge in [-0.3, -0.25) is 4.90 Å². The average molecular weight is 249 g/mol. The molecule has 2 unspecified atom stereocenters. The largest absolute Gasteiger partial charge is 0.444 e. The zero-order valence-corrected chi connectivity index (χ0v) is 11.4. The second kappa shape index (κ2) is 5.02. The molecule has 2 saturated heterocycles. The van der Waals surface area contributed by atoms with Gasteiger partial charge in [0.15, 0.2) is 0 Å². The highest BCUT2D eigenvalue weighted by Gasteiger charge is 2.33. The van der Waals surface area contributed by atoms with Crippen molar-refractivity contribution in [2.75, 3.05) is 13.1 Å². The lowest BCUT2D eigenvalue weighted by Crippen LogP contribution is -2.43. The number of oxazole rings is 1. The van der Waals surface area contributed by atoms with Crippen LogP contribution in [-0.2, 0) is 6.54 Å². The van der Waals surface area contributed by atoms with Crippen LogP contribution in [0, 0.1) is 13.8 Å². The summed E-state index contributed by atoms with van der Waals surface area (Å²) in [5, 5.41) is 3.64. The number of rotatable bonds is 3. The molecular weight excluding hydrogens is 226 g/mol. The highest BCUT2D eigenvalue weighted by atomic mass is 16.4. The predicted molar refractivity (Wildman–Crippen MR) is 70.4 cm³/mol. The van der Waals surface area contributed by atoms with Crippen LogP contribution >= 0.6 is 0 Å². The van der Waals surface area contributed by atoms with E-state index in [1.54, 1.807) is 0 Å². The first-order valence-corrected chi connectivity index (χ1v) is 7.14. The van der Waals surface area contributed by atoms with Crippen molar-refractivity contribution in [2.24, 2.45) is 0 Å². The van der Waals surface area contributed by atoms with Crippen LogP contribution in [0.15, 0.2) is 4.42 Å². The highest BCUT2D eigenvalue weighted by molar-refractivity contribution is 5.06. The standard InChI is InChI=1S/C14H23N3O/c1-10-11(2)18-14(16-10)9-17-8-4-6-13(17)12-5-3-7-15-12/h12-13,15H,3-9H2,1-2H3. The maximum Gasteiger partial charge on any atom is 0.208 e. The molecule has 0 bridgehead atoms. The lowest BCUT2D eigenvalue weighted by Gasteiger charge is -2.28. The minimum absolute atomic E-state index is 0.681. The molecule has 2 aliphatic heterocycles. The van der Waals surface area contributed by atoms with E-state index in [0.29, 0.717) is 12.1 Å². The molecule has 2 aliphatic rings. The molecule has 4 heteroatoms. The van der Waals surface area contributed by atoms with E-state index < -0.39 is 0 Å². The first kappa shape index (κ1) is 12.2. The van der Waals surface area contributed by atoms with E-state index >= 15 is 0 Å². The molecular formula is C14H23N3O. The van der Waals surface area contributed by atoms with Gasteiger partial charge in [-0.2, -0.15) is 0 Å². The second-order valence-corrected chi connectivity index (χ2v) is 5.63. The van der Waals surface area contributed by atoms with Gasteiger partial charge in [0.05, 0.1) is 12.2 Å². The summed E-state index contributed by atoms with van der Waals surface area (Å²) < 4.78 is 5.71. The number of nitrogens with zero attached hydrogens (tertiary/aromatic N) is 2. The van der Waals surface area contributed by atoms with Crippen LogP contribution in [0.1, 0.15) is 43.0 Å². The summed E-state index contributed by atoms with van der Waals surface area (Å²) >= 11 is 0. The Morgan fingerprint density at radius 2 is 2.22 bits per heavy atom. The third-order valence-electron chi connectivity index (χ3n) is 4.39. The van der Waals surface area contributed by atoms with Gasteiger partial charge in [0, 0.05) is 12.1 Å². The predicted octanol–water partition coefficient (Wildman–Crippen LogP) is 2.01. The summed E-state index contributed by atoms with van der Waals surface area (Å²) in [7, 11) is 0. The maximum absolute atomic E-state index is 5.71. The van der Waals surface area contributed by atoms with E-state index in [1.807, 2.05) is 13.8 Å². The van der Waals surface area contributed by atoms with Crippen molar-refractivity contribution < 1.29 is 4.42 Å². The molecule has 0 radical (unpaired) electrons. The molecule has 4 nitrogen and oxygen atoms in total. The van der Waals surface area contributed by atoms with Crippen molar-refractivity contribution in [2.45, 2.75) is 58.2 Å². The number of aromatic nitrogens is 1. The Bertz CT molecular complexity index is 390. The second-order valence-electron chi connectivity index (χ2n) is 5.63. The van der Waals surface area contributed by atoms with Gasteiger partial charge in [-0.15, -0.1) is 0 Å². The molecule has 3 rings (SSSR count). The quantitative estimate of drug-likeness (QED) is 0.889. The minimum atomic E-state index is 0.681. The summed E-state index contributed by atoms with van der Waals surface area (Å²) in [5.74, 6) is 1.84. The van der Waals surface area contributed by atoms with Crippen LogP contribution < -0.4 is 5.32 Å². The molecule has 1 aromatic heterocycles. The summed E-state index contributed by atoms with van der Waals surface area (Å²) in [6, 6.07) is 1.37. The van der Waals surface area contributed by atoms with E-state index in [0.717, 1.165) is 23.9 Å². The Labute approximate surface area is 109 Å². The van der Waals surface area contributed by atoms with Gasteiger partial charge in [0.25, 0.3) is 0 Å². The molecule has 2 atom stereocenters. The number of hydrogen-bond acceptors (Lipinski definition) is 4. The Kier molecular flexibility index (Phi) is 3.39. The van der Waals surface area contributed by atoms with Crippen LogP contribution in [0.25, 0.3) is 0 Å². The Hall–Kier alpha value is -0.870. The lowest BCUT2D eigenvalue weighted by atomic mass is 10.0. The van der Waals surface area contributed by atoms with Crippen molar-refractivity contribution in [3.63, 3.8) is 0 Å². The number of likely N-dealkylation sites (tertiary alicyclic amines) is 1. The van der Waals surface area contributed by atoms with Gasteiger partial charge in [-0.25, -0.2) is 4.98 Å². The molecule has 1 aromatic rings. The Morgan fingerprint density at radius 3 is 2.89 bits per heavy atom. The van der Waals surface area contributed by atoms with Crippen molar-refractivity contribution in [3.8, 4) is 0 Å². The fraction of sp³-hybridized carbons (Fsp3) is 0.786. The van der Waals surface area contributed by atoms with Crippen LogP contribution in [-0.4, -0.2) is 35.1 Å². The van der Waals surface area contributed by atoms with Crippen molar-refractivity contribution in [3.05, 3.63) is 17.3 Å². The van der Waals surface area contributed by atoms with Gasteiger partial charge in [0.2, 0.25) is 5.89 Å². The third-order valence-corrected chi connectivity index (χ3v) is 4.39. The molecule has 18 heavy (non-hydrogen) atoms. The van der Waals surface area contributed by atoms with Crippen LogP contribution in [0.5, 0.6) is 0 Å². The van der Waals surface area contributed by atoms with E-state index in [4.69, 9.17) is 4.42 Å². The first-order chi connectivity index (χ1) is 8.74. The topological polar surface area (TPSA) is 41.3 Å². The Morgan fingerprint density at radius 1 is 1.33 bits per heavy atom. The first-order valence-electron chi connectivity index (χ1n) is 7.14. The van der Waals surface area contributed by atoms with Crippen LogP contribution in [0.2, 0.25) is 0 Å². The van der Waals surface area contributed by atoms with E-state index in [2.05, 4.69) is 15.2 Å². The van der Waals surface area contributed by atoms with Crippen LogP contribution in [0.3, 0.4) is 0 Å². The summed E-state index contributed by atoms with van der Waals surface area (Å²) in [5.41, 5.74) is 1.03. The summed E-state index contributed by atoms with van der Waals surface area (Å²) in [4.78, 5) is 7.06. The molecule has 2 fully saturated rings. The van der Waals surface area contributed by atoms with Crippen molar-refractivity contribution in [1.29, 1.82) is 0 Å². The average Bonchev–Trinajstić information content (AvgIpc) is 3.01. The lowest BCUT2D eigenvalue weighted by molar-refractivity contribution is 0.188. The minimum Gasteiger partial charge on any atom is -0.444 e. The molecule has 0 saturated carbocycles. The van der Waals surface area contributed by atoms with Gasteiger partial charge < -0.3 is 9.73 Å². The molecule has 3 heterocycles. The van der Waals surface area contributed by atoms with Crippen LogP contribution in [0.4, 0.5) is 0 Å². The molecule has 0 aromatic carbocycles. The van der Waals surface area contributed by atoms with E-state index in [9.17, 15) is 0 Å². The molecule has 0 spiro atoms. The molecule has 0 aliphatic carbocycles. The SMILES string of the molecule is Cc1nc(CN2CCCC2C2CCCN2)oc1C. The normalized spacial score (nSPS) is 29.2. The smallest absolute Gasteiger partial charge is 0.208 e. The molecule has 1 N–H and O–H groups in total. The maximum atomic E-state index is 5.71. The van der Waals surface area contributed by atoms with Crippen molar-refractivity contribution >= 4 is 0 Å². The summed E-state index contributed by atoms with van der Waals surface area (Å²) in [6.07, 6.45) is 5.27. The Balaban J connectivity index is 1.67. The number of aryl methyl sites for hydroxylation is 2. The van der Waals surface area contributed by atoms with E-state index in [-0.39, 0.29) is 0 Å². The van der Waals surface area contributed by atoms with Gasteiger partial charge in [-0.1, -0.05) is 0 Å². The third kappa shape index (κ3) is 2.31. The number of nitrogens with one attached hydrogen (secondary N) is 1. The fourth-order valence-corrected chi connectivity index (χ4v) is 3.32. The molecule has 0 amide bonds. The number of hydrogen-bond donors (Lipinski definition) is 1. The van der Waals surface area contributed by atoms with Gasteiger partial charge in [-0.05, 0) is 52.6 Å². The summed E-state index contributed by atoms with van der Waals surface area (Å²) in [6.45, 7) is 7.25. The monoisotopic (exact) mass is 249 g/mol. The zero-order valence-electron chi connectivity index (χ0n) is 11.4. The fourth-order valence-electron chi connectivity index (χ4n) is 3.32. The zero-order chi connectivity index (χ0) is 12.5. The van der Waals surface area contributed by atoms with Gasteiger partial charge in [0.1, 0.15) is 5.76 Å². The van der Waals surface area contributed by atoms with Crippen molar-refractivity contribution in [1.82, 2.24) is 15.2 Å². The highest BCUT2D eigenvalue weighted by Crippen LogP contribution is 2.26. The molecule has 100 valence electrons. The van der Waals surface area contributed by atoms with Gasteiger partial charge >= 0.3 is 0 Å². The van der Waals surface area contributed by atoms with E-state index in [1.165, 1.54) is 38.8 Å².